The van der Waals surface area contributed by atoms with Gasteiger partial charge in [0.2, 0.25) is 0 Å². The van der Waals surface area contributed by atoms with Gasteiger partial charge in [-0.3, -0.25) is 0 Å². The van der Waals surface area contributed by atoms with Crippen molar-refractivity contribution in [2.45, 2.75) is 5.41 Å². The molecule has 1 aliphatic rings. The summed E-state index contributed by atoms with van der Waals surface area (Å²) < 4.78 is 20.4. The number of furan rings is 3. The third-order valence-corrected chi connectivity index (χ3v) is 15.4. The summed E-state index contributed by atoms with van der Waals surface area (Å²) in [5.74, 6) is 1.71. The Morgan fingerprint density at radius 1 is 0.293 bits per heavy atom. The van der Waals surface area contributed by atoms with Gasteiger partial charge in [0.05, 0.1) is 5.41 Å². The maximum Gasteiger partial charge on any atom is 0.143 e. The topological polar surface area (TPSA) is 42.7 Å². The van der Waals surface area contributed by atoms with Crippen molar-refractivity contribution < 1.29 is 13.3 Å². The lowest BCUT2D eigenvalue weighted by Gasteiger charge is -2.35. The lowest BCUT2D eigenvalue weighted by molar-refractivity contribution is 0.587. The van der Waals surface area contributed by atoms with Crippen LogP contribution in [0.15, 0.2) is 286 Å². The predicted octanol–water partition coefficient (Wildman–Crippen LogP) is 19.6. The molecule has 0 unspecified atom stereocenters. The largest absolute Gasteiger partial charge is 0.455 e. The van der Waals surface area contributed by atoms with E-state index in [4.69, 9.17) is 13.3 Å². The highest BCUT2D eigenvalue weighted by atomic mass is 16.3. The second-order valence-corrected chi connectivity index (χ2v) is 19.4. The van der Waals surface area contributed by atoms with E-state index in [1.165, 1.54) is 5.56 Å². The fourth-order valence-electron chi connectivity index (χ4n) is 12.1. The average Bonchev–Trinajstić information content (AvgIpc) is 4.27. The summed E-state index contributed by atoms with van der Waals surface area (Å²) in [5, 5.41) is 4.45. The zero-order chi connectivity index (χ0) is 49.5. The lowest BCUT2D eigenvalue weighted by atomic mass is 9.67. The minimum Gasteiger partial charge on any atom is -0.455 e. The molecule has 4 heteroatoms. The minimum atomic E-state index is -0.777. The van der Waals surface area contributed by atoms with Crippen molar-refractivity contribution >= 4 is 60.9 Å². The smallest absolute Gasteiger partial charge is 0.143 e. The molecule has 352 valence electrons. The third kappa shape index (κ3) is 6.63. The van der Waals surface area contributed by atoms with Gasteiger partial charge in [-0.05, 0) is 81.9 Å². The fourth-order valence-corrected chi connectivity index (χ4v) is 12.1. The molecule has 0 aliphatic heterocycles. The Balaban J connectivity index is 0.960. The third-order valence-electron chi connectivity index (χ3n) is 15.4. The molecule has 0 saturated carbocycles. The molecule has 1 aliphatic carbocycles. The van der Waals surface area contributed by atoms with Gasteiger partial charge < -0.3 is 18.2 Å². The Morgan fingerprint density at radius 3 is 1.23 bits per heavy atom. The Morgan fingerprint density at radius 2 is 0.720 bits per heavy atom. The van der Waals surface area contributed by atoms with Gasteiger partial charge >= 0.3 is 0 Å². The molecule has 0 radical (unpaired) electrons. The van der Waals surface area contributed by atoms with Crippen molar-refractivity contribution in [3.05, 3.63) is 295 Å². The molecule has 0 saturated heterocycles. The monoisotopic (exact) mass is 959 g/mol. The number of rotatable bonds is 9. The second kappa shape index (κ2) is 17.1. The normalized spacial score (nSPS) is 12.6. The molecule has 75 heavy (non-hydrogen) atoms. The summed E-state index contributed by atoms with van der Waals surface area (Å²) in [6.07, 6.45) is 0. The van der Waals surface area contributed by atoms with Crippen molar-refractivity contribution in [2.24, 2.45) is 0 Å². The quantitative estimate of drug-likeness (QED) is 0.145. The summed E-state index contributed by atoms with van der Waals surface area (Å²) in [4.78, 5) is 2.39. The molecule has 0 bridgehead atoms. The van der Waals surface area contributed by atoms with Crippen LogP contribution in [0.25, 0.3) is 99.9 Å². The number of hydrogen-bond acceptors (Lipinski definition) is 4. The standard InChI is InChI=1S/C71H45NO3/c1-5-19-48(20-6-1)67-65-61-44-43-54(45-62(61)71(50-23-9-3-10-24-50,51-25-11-4-12-26-51)66(65)68(75-67)49-21-7-2-8-22-49)72(52-39-35-46(36-40-52)55-29-17-31-59-57-27-13-15-33-63(57)73-69(55)59)53-41-37-47(38-42-53)56-30-18-32-60-58-28-14-16-34-64(58)74-70(56)60/h1-45H. The van der Waals surface area contributed by atoms with Gasteiger partial charge in [-0.15, -0.1) is 0 Å². The number of anilines is 3. The minimum absolute atomic E-state index is 0.777. The molecule has 15 rings (SSSR count). The Kier molecular flexibility index (Phi) is 9.76. The summed E-state index contributed by atoms with van der Waals surface area (Å²) in [5.41, 5.74) is 19.0. The van der Waals surface area contributed by atoms with Gasteiger partial charge in [-0.2, -0.15) is 0 Å². The molecule has 3 aromatic heterocycles. The first-order valence-electron chi connectivity index (χ1n) is 25.6. The zero-order valence-corrected chi connectivity index (χ0v) is 40.7. The molecule has 3 heterocycles. The van der Waals surface area contributed by atoms with E-state index >= 15 is 0 Å². The van der Waals surface area contributed by atoms with Gasteiger partial charge in [0.25, 0.3) is 0 Å². The van der Waals surface area contributed by atoms with Gasteiger partial charge in [0, 0.05) is 72.0 Å². The first-order valence-corrected chi connectivity index (χ1v) is 25.6. The molecule has 0 N–H and O–H groups in total. The first kappa shape index (κ1) is 42.8. The van der Waals surface area contributed by atoms with E-state index in [1.807, 2.05) is 24.3 Å². The van der Waals surface area contributed by atoms with E-state index in [1.54, 1.807) is 0 Å². The fraction of sp³-hybridized carbons (Fsp3) is 0.0141. The Hall–Kier alpha value is -9.90. The lowest BCUT2D eigenvalue weighted by Crippen LogP contribution is -2.29. The summed E-state index contributed by atoms with van der Waals surface area (Å²) >= 11 is 0. The van der Waals surface area contributed by atoms with Gasteiger partial charge in [0.15, 0.2) is 0 Å². The predicted molar refractivity (Wildman–Crippen MR) is 307 cm³/mol. The SMILES string of the molecule is c1ccc(-c2oc(-c3ccccc3)c3c2-c2ccc(N(c4ccc(-c5cccc6c5oc5ccccc56)cc4)c4ccc(-c5cccc6c5oc5ccccc56)cc4)cc2C3(c2ccccc2)c2ccccc2)cc1. The molecular formula is C71H45NO3. The number of benzene rings is 11. The Bertz CT molecular complexity index is 4240. The van der Waals surface area contributed by atoms with E-state index in [0.717, 1.165) is 134 Å². The van der Waals surface area contributed by atoms with Crippen molar-refractivity contribution in [3.63, 3.8) is 0 Å². The first-order chi connectivity index (χ1) is 37.2. The van der Waals surface area contributed by atoms with Crippen LogP contribution in [0.5, 0.6) is 0 Å². The van der Waals surface area contributed by atoms with Crippen LogP contribution in [-0.4, -0.2) is 0 Å². The average molecular weight is 960 g/mol. The molecule has 14 aromatic rings. The molecule has 11 aromatic carbocycles. The van der Waals surface area contributed by atoms with E-state index in [2.05, 4.69) is 254 Å². The number of para-hydroxylation sites is 4. The van der Waals surface area contributed by atoms with Crippen LogP contribution < -0.4 is 4.90 Å². The van der Waals surface area contributed by atoms with Crippen molar-refractivity contribution in [1.29, 1.82) is 0 Å². The Labute approximate surface area is 433 Å². The van der Waals surface area contributed by atoms with Gasteiger partial charge in [0.1, 0.15) is 33.9 Å². The number of hydrogen-bond donors (Lipinski definition) is 0. The maximum atomic E-state index is 7.29. The zero-order valence-electron chi connectivity index (χ0n) is 40.7. The van der Waals surface area contributed by atoms with Crippen molar-refractivity contribution in [3.8, 4) is 56.0 Å². The summed E-state index contributed by atoms with van der Waals surface area (Å²) in [6.45, 7) is 0. The van der Waals surface area contributed by atoms with Crippen LogP contribution in [0, 0.1) is 0 Å². The van der Waals surface area contributed by atoms with E-state index in [0.29, 0.717) is 0 Å². The van der Waals surface area contributed by atoms with Crippen LogP contribution in [-0.2, 0) is 5.41 Å². The van der Waals surface area contributed by atoms with Crippen LogP contribution in [0.4, 0.5) is 17.1 Å². The highest BCUT2D eigenvalue weighted by Crippen LogP contribution is 2.63. The number of fused-ring (bicyclic) bond motifs is 9. The van der Waals surface area contributed by atoms with Crippen molar-refractivity contribution in [2.75, 3.05) is 4.90 Å². The summed E-state index contributed by atoms with van der Waals surface area (Å²) in [7, 11) is 0. The molecule has 0 fully saturated rings. The van der Waals surface area contributed by atoms with E-state index in [9.17, 15) is 0 Å². The molecule has 4 nitrogen and oxygen atoms in total. The highest BCUT2D eigenvalue weighted by Gasteiger charge is 2.51. The van der Waals surface area contributed by atoms with Crippen LogP contribution >= 0.6 is 0 Å². The molecule has 0 spiro atoms. The van der Waals surface area contributed by atoms with E-state index < -0.39 is 5.41 Å². The summed E-state index contributed by atoms with van der Waals surface area (Å²) in [6, 6.07) is 97.5. The molecule has 0 atom stereocenters. The van der Waals surface area contributed by atoms with Crippen molar-refractivity contribution in [1.82, 2.24) is 0 Å². The highest BCUT2D eigenvalue weighted by molar-refractivity contribution is 6.11. The number of nitrogens with zero attached hydrogens (tertiary/aromatic N) is 1. The van der Waals surface area contributed by atoms with Crippen LogP contribution in [0.3, 0.4) is 0 Å². The van der Waals surface area contributed by atoms with Gasteiger partial charge in [-0.25, -0.2) is 0 Å². The van der Waals surface area contributed by atoms with Crippen LogP contribution in [0.1, 0.15) is 22.3 Å². The van der Waals surface area contributed by atoms with Gasteiger partial charge in [-0.1, -0.05) is 224 Å². The van der Waals surface area contributed by atoms with Crippen LogP contribution in [0.2, 0.25) is 0 Å². The maximum absolute atomic E-state index is 7.29. The molecular weight excluding hydrogens is 915 g/mol. The second-order valence-electron chi connectivity index (χ2n) is 19.4. The molecule has 0 amide bonds. The van der Waals surface area contributed by atoms with E-state index in [-0.39, 0.29) is 0 Å².